The average Bonchev–Trinajstić information content (AvgIpc) is 2.86. The van der Waals surface area contributed by atoms with E-state index in [1.54, 1.807) is 6.92 Å². The third-order valence-corrected chi connectivity index (χ3v) is 4.70. The molecule has 4 nitrogen and oxygen atoms in total. The van der Waals surface area contributed by atoms with Gasteiger partial charge in [-0.3, -0.25) is 4.79 Å². The van der Waals surface area contributed by atoms with Crippen LogP contribution in [0.25, 0.3) is 11.0 Å². The topological polar surface area (TPSA) is 70.7 Å². The van der Waals surface area contributed by atoms with Crippen molar-refractivity contribution in [3.8, 4) is 11.5 Å². The first kappa shape index (κ1) is 18.4. The quantitative estimate of drug-likeness (QED) is 0.347. The summed E-state index contributed by atoms with van der Waals surface area (Å²) in [5, 5.41) is 21.0. The summed E-state index contributed by atoms with van der Waals surface area (Å²) in [5.41, 5.74) is 1.14. The van der Waals surface area contributed by atoms with Gasteiger partial charge in [0.15, 0.2) is 17.1 Å². The van der Waals surface area contributed by atoms with Crippen LogP contribution in [0.1, 0.15) is 80.0 Å². The first-order valence-electron chi connectivity index (χ1n) is 8.95. The van der Waals surface area contributed by atoms with E-state index in [-0.39, 0.29) is 28.4 Å². The normalized spacial score (nSPS) is 11.3. The second kappa shape index (κ2) is 8.22. The van der Waals surface area contributed by atoms with Crippen molar-refractivity contribution in [2.75, 3.05) is 0 Å². The lowest BCUT2D eigenvalue weighted by Crippen LogP contribution is -2.00. The number of unbranched alkanes of at least 4 members (excludes halogenated alkanes) is 6. The summed E-state index contributed by atoms with van der Waals surface area (Å²) in [6.07, 6.45) is 8.31. The number of hydrogen-bond donors (Lipinski definition) is 2. The highest BCUT2D eigenvalue weighted by molar-refractivity contribution is 6.06. The Morgan fingerprint density at radius 3 is 2.33 bits per heavy atom. The Morgan fingerprint density at radius 1 is 1.04 bits per heavy atom. The standard InChI is InChI=1S/C20H28O4/c1-4-5-6-7-8-9-10-11-16(21)15-12-17(22)18-13(2)14(3)24-20(18)19(15)23/h12,22-23H,4-11H2,1-3H3. The zero-order valence-corrected chi connectivity index (χ0v) is 14.9. The summed E-state index contributed by atoms with van der Waals surface area (Å²) in [6, 6.07) is 1.36. The van der Waals surface area contributed by atoms with Crippen molar-refractivity contribution in [2.24, 2.45) is 0 Å². The van der Waals surface area contributed by atoms with Crippen LogP contribution in [0, 0.1) is 13.8 Å². The van der Waals surface area contributed by atoms with Gasteiger partial charge in [-0.15, -0.1) is 0 Å². The fourth-order valence-electron chi connectivity index (χ4n) is 3.09. The Kier molecular flexibility index (Phi) is 6.29. The highest BCUT2D eigenvalue weighted by Gasteiger charge is 2.21. The second-order valence-electron chi connectivity index (χ2n) is 6.57. The summed E-state index contributed by atoms with van der Waals surface area (Å²) >= 11 is 0. The van der Waals surface area contributed by atoms with E-state index in [4.69, 9.17) is 4.42 Å². The predicted octanol–water partition coefficient (Wildman–Crippen LogP) is 5.78. The zero-order valence-electron chi connectivity index (χ0n) is 14.9. The third-order valence-electron chi connectivity index (χ3n) is 4.70. The first-order chi connectivity index (χ1) is 11.5. The lowest BCUT2D eigenvalue weighted by atomic mass is 10.00. The van der Waals surface area contributed by atoms with Crippen molar-refractivity contribution in [3.05, 3.63) is 23.0 Å². The molecule has 0 spiro atoms. The number of benzene rings is 1. The molecule has 0 unspecified atom stereocenters. The summed E-state index contributed by atoms with van der Waals surface area (Å²) in [5.74, 6) is 0.309. The van der Waals surface area contributed by atoms with Crippen molar-refractivity contribution in [2.45, 2.75) is 72.1 Å². The van der Waals surface area contributed by atoms with Crippen molar-refractivity contribution < 1.29 is 19.4 Å². The maximum absolute atomic E-state index is 12.4. The van der Waals surface area contributed by atoms with E-state index < -0.39 is 0 Å². The zero-order chi connectivity index (χ0) is 17.7. The number of aromatic hydroxyl groups is 2. The maximum atomic E-state index is 12.4. The molecule has 24 heavy (non-hydrogen) atoms. The van der Waals surface area contributed by atoms with Gasteiger partial charge in [0.2, 0.25) is 0 Å². The molecule has 2 aromatic rings. The molecule has 0 radical (unpaired) electrons. The summed E-state index contributed by atoms with van der Waals surface area (Å²) in [4.78, 5) is 12.4. The number of rotatable bonds is 9. The fourth-order valence-corrected chi connectivity index (χ4v) is 3.09. The van der Waals surface area contributed by atoms with Gasteiger partial charge in [-0.05, 0) is 26.3 Å². The molecule has 0 aliphatic carbocycles. The monoisotopic (exact) mass is 332 g/mol. The molecule has 2 rings (SSSR count). The van der Waals surface area contributed by atoms with E-state index in [1.807, 2.05) is 6.92 Å². The Balaban J connectivity index is 2.01. The molecule has 1 aromatic carbocycles. The van der Waals surface area contributed by atoms with Crippen LogP contribution in [-0.4, -0.2) is 16.0 Å². The number of furan rings is 1. The van der Waals surface area contributed by atoms with E-state index >= 15 is 0 Å². The van der Waals surface area contributed by atoms with Crippen LogP contribution in [0.2, 0.25) is 0 Å². The Hall–Kier alpha value is -1.97. The molecule has 0 saturated carbocycles. The maximum Gasteiger partial charge on any atom is 0.180 e. The van der Waals surface area contributed by atoms with E-state index in [9.17, 15) is 15.0 Å². The highest BCUT2D eigenvalue weighted by Crippen LogP contribution is 2.40. The second-order valence-corrected chi connectivity index (χ2v) is 6.57. The number of hydrogen-bond acceptors (Lipinski definition) is 4. The number of fused-ring (bicyclic) bond motifs is 1. The van der Waals surface area contributed by atoms with Crippen LogP contribution < -0.4 is 0 Å². The molecule has 0 aliphatic rings. The van der Waals surface area contributed by atoms with Crippen molar-refractivity contribution in [1.29, 1.82) is 0 Å². The van der Waals surface area contributed by atoms with Gasteiger partial charge in [0, 0.05) is 12.0 Å². The van der Waals surface area contributed by atoms with Gasteiger partial charge in [0.25, 0.3) is 0 Å². The smallest absolute Gasteiger partial charge is 0.180 e. The Bertz CT molecular complexity index is 712. The molecular formula is C20H28O4. The van der Waals surface area contributed by atoms with Gasteiger partial charge in [-0.25, -0.2) is 0 Å². The van der Waals surface area contributed by atoms with Gasteiger partial charge in [-0.2, -0.15) is 0 Å². The largest absolute Gasteiger partial charge is 0.507 e. The summed E-state index contributed by atoms with van der Waals surface area (Å²) in [6.45, 7) is 5.79. The van der Waals surface area contributed by atoms with Crippen LogP contribution in [0.3, 0.4) is 0 Å². The van der Waals surface area contributed by atoms with Crippen LogP contribution in [0.15, 0.2) is 10.5 Å². The number of aryl methyl sites for hydroxylation is 2. The molecule has 0 aliphatic heterocycles. The van der Waals surface area contributed by atoms with Gasteiger partial charge in [0.05, 0.1) is 10.9 Å². The molecule has 0 atom stereocenters. The highest BCUT2D eigenvalue weighted by atomic mass is 16.4. The lowest BCUT2D eigenvalue weighted by Gasteiger charge is -2.06. The molecule has 0 amide bonds. The average molecular weight is 332 g/mol. The van der Waals surface area contributed by atoms with Crippen molar-refractivity contribution >= 4 is 16.8 Å². The van der Waals surface area contributed by atoms with E-state index in [0.29, 0.717) is 17.6 Å². The van der Waals surface area contributed by atoms with Crippen LogP contribution in [-0.2, 0) is 0 Å². The van der Waals surface area contributed by atoms with Gasteiger partial charge < -0.3 is 14.6 Å². The fraction of sp³-hybridized carbons (Fsp3) is 0.550. The van der Waals surface area contributed by atoms with Gasteiger partial charge in [-0.1, -0.05) is 45.4 Å². The molecule has 2 N–H and O–H groups in total. The van der Waals surface area contributed by atoms with Crippen molar-refractivity contribution in [1.82, 2.24) is 0 Å². The minimum absolute atomic E-state index is 0.0138. The number of ketones is 1. The number of carbonyl (C=O) groups is 1. The summed E-state index contributed by atoms with van der Waals surface area (Å²) in [7, 11) is 0. The molecule has 132 valence electrons. The van der Waals surface area contributed by atoms with Gasteiger partial charge >= 0.3 is 0 Å². The first-order valence-corrected chi connectivity index (χ1v) is 8.95. The number of phenolic OH excluding ortho intramolecular Hbond substituents is 2. The molecule has 1 aromatic heterocycles. The van der Waals surface area contributed by atoms with Crippen molar-refractivity contribution in [3.63, 3.8) is 0 Å². The molecule has 4 heteroatoms. The Morgan fingerprint density at radius 2 is 1.67 bits per heavy atom. The lowest BCUT2D eigenvalue weighted by molar-refractivity contribution is 0.0976. The number of Topliss-reactive ketones (excluding diaryl/α,β-unsaturated/α-hetero) is 1. The number of phenols is 2. The predicted molar refractivity (Wildman–Crippen MR) is 96.0 cm³/mol. The summed E-state index contributed by atoms with van der Waals surface area (Å²) < 4.78 is 5.52. The Labute approximate surface area is 143 Å². The van der Waals surface area contributed by atoms with Crippen LogP contribution >= 0.6 is 0 Å². The minimum atomic E-state index is -0.160. The molecule has 1 heterocycles. The van der Waals surface area contributed by atoms with Crippen LogP contribution in [0.5, 0.6) is 11.5 Å². The third kappa shape index (κ3) is 3.92. The SMILES string of the molecule is CCCCCCCCCC(=O)c1cc(O)c2c(C)c(C)oc2c1O. The molecular weight excluding hydrogens is 304 g/mol. The molecule has 0 bridgehead atoms. The number of carbonyl (C=O) groups excluding carboxylic acids is 1. The minimum Gasteiger partial charge on any atom is -0.507 e. The van der Waals surface area contributed by atoms with E-state index in [2.05, 4.69) is 6.92 Å². The molecule has 0 saturated heterocycles. The molecule has 0 fully saturated rings. The van der Waals surface area contributed by atoms with E-state index in [1.165, 1.54) is 31.7 Å². The van der Waals surface area contributed by atoms with E-state index in [0.717, 1.165) is 24.8 Å². The van der Waals surface area contributed by atoms with Crippen LogP contribution in [0.4, 0.5) is 0 Å². The van der Waals surface area contributed by atoms with Gasteiger partial charge in [0.1, 0.15) is 11.5 Å².